The number of hydrogen-bond acceptors (Lipinski definition) is 2. The highest BCUT2D eigenvalue weighted by atomic mass is 16.5. The summed E-state index contributed by atoms with van der Waals surface area (Å²) in [5.41, 5.74) is 4.99. The molecule has 0 atom stereocenters. The Morgan fingerprint density at radius 1 is 0.829 bits per heavy atom. The highest BCUT2D eigenvalue weighted by molar-refractivity contribution is 6.18. The zero-order valence-corrected chi connectivity index (χ0v) is 24.3. The molecule has 0 aliphatic heterocycles. The normalized spacial score (nSPS) is 11.6. The van der Waals surface area contributed by atoms with Crippen molar-refractivity contribution in [3.05, 3.63) is 120 Å². The van der Waals surface area contributed by atoms with Gasteiger partial charge in [0.05, 0.1) is 23.4 Å². The van der Waals surface area contributed by atoms with Crippen molar-refractivity contribution in [3.8, 4) is 11.3 Å². The minimum absolute atomic E-state index is 0.0837. The number of carbonyl (C=O) groups is 1. The highest BCUT2D eigenvalue weighted by Gasteiger charge is 2.30. The Labute approximate surface area is 241 Å². The van der Waals surface area contributed by atoms with Crippen LogP contribution in [0.3, 0.4) is 0 Å². The van der Waals surface area contributed by atoms with Gasteiger partial charge in [0.2, 0.25) is 11.9 Å². The standard InChI is InChI=1S/C37H34N2O2/c1-6-25-11-7-10-14-29(25)35-33-19-18-30-28-13-9-8-12-26(28)15-17-31(30)32(33)21-22-38(35)24-39-23-27(37(2,3)4)16-20-34(39)36(40)41-5/h7-20,23H,6,24H2,1-5H3/q+2. The van der Waals surface area contributed by atoms with Gasteiger partial charge in [-0.3, -0.25) is 0 Å². The summed E-state index contributed by atoms with van der Waals surface area (Å²) in [6, 6.07) is 33.2. The summed E-state index contributed by atoms with van der Waals surface area (Å²) in [7, 11) is 1.42. The number of benzene rings is 4. The molecule has 0 radical (unpaired) electrons. The maximum absolute atomic E-state index is 12.8. The van der Waals surface area contributed by atoms with Crippen LogP contribution < -0.4 is 9.13 Å². The topological polar surface area (TPSA) is 34.1 Å². The molecule has 4 heteroatoms. The summed E-state index contributed by atoms with van der Waals surface area (Å²) >= 11 is 0. The number of aryl methyl sites for hydroxylation is 1. The van der Waals surface area contributed by atoms with Crippen LogP contribution in [0.2, 0.25) is 0 Å². The molecule has 0 amide bonds. The van der Waals surface area contributed by atoms with Gasteiger partial charge in [-0.2, -0.15) is 0 Å². The number of nitrogens with zero attached hydrogens (tertiary/aromatic N) is 2. The van der Waals surface area contributed by atoms with E-state index in [1.54, 1.807) is 0 Å². The van der Waals surface area contributed by atoms with E-state index in [1.165, 1.54) is 28.8 Å². The van der Waals surface area contributed by atoms with Crippen LogP contribution in [0.1, 0.15) is 49.3 Å². The molecule has 0 spiro atoms. The molecule has 0 aliphatic rings. The fourth-order valence-electron chi connectivity index (χ4n) is 5.75. The molecule has 0 unspecified atom stereocenters. The number of fused-ring (bicyclic) bond motifs is 5. The molecule has 0 saturated heterocycles. The van der Waals surface area contributed by atoms with Crippen LogP contribution in [0.4, 0.5) is 0 Å². The fraction of sp³-hybridized carbons (Fsp3) is 0.216. The maximum Gasteiger partial charge on any atom is 0.403 e. The highest BCUT2D eigenvalue weighted by Crippen LogP contribution is 2.34. The number of methoxy groups -OCH3 is 1. The second kappa shape index (κ2) is 10.3. The van der Waals surface area contributed by atoms with Crippen LogP contribution in [0.25, 0.3) is 43.6 Å². The largest absolute Gasteiger partial charge is 0.461 e. The zero-order valence-electron chi connectivity index (χ0n) is 24.3. The van der Waals surface area contributed by atoms with E-state index in [4.69, 9.17) is 4.74 Å². The molecular formula is C37H34N2O2+2. The van der Waals surface area contributed by atoms with Crippen LogP contribution in [-0.4, -0.2) is 13.1 Å². The van der Waals surface area contributed by atoms with E-state index < -0.39 is 0 Å². The first kappa shape index (κ1) is 26.5. The fourth-order valence-corrected chi connectivity index (χ4v) is 5.75. The van der Waals surface area contributed by atoms with Crippen molar-refractivity contribution in [1.82, 2.24) is 0 Å². The van der Waals surface area contributed by atoms with Crippen LogP contribution in [0, 0.1) is 12.3 Å². The van der Waals surface area contributed by atoms with E-state index in [2.05, 4.69) is 124 Å². The molecule has 4 nitrogen and oxygen atoms in total. The minimum Gasteiger partial charge on any atom is -0.461 e. The molecule has 6 rings (SSSR count). The molecule has 2 aromatic heterocycles. The van der Waals surface area contributed by atoms with Crippen molar-refractivity contribution in [2.24, 2.45) is 0 Å². The van der Waals surface area contributed by atoms with Gasteiger partial charge in [0, 0.05) is 17.7 Å². The first-order chi connectivity index (χ1) is 19.8. The molecule has 4 aromatic carbocycles. The Kier molecular flexibility index (Phi) is 6.67. The molecule has 0 fully saturated rings. The number of rotatable bonds is 5. The zero-order chi connectivity index (χ0) is 28.7. The number of aromatic nitrogens is 2. The van der Waals surface area contributed by atoms with Crippen molar-refractivity contribution in [2.75, 3.05) is 7.11 Å². The van der Waals surface area contributed by atoms with E-state index in [0.717, 1.165) is 39.4 Å². The first-order valence-corrected chi connectivity index (χ1v) is 14.1. The summed E-state index contributed by atoms with van der Waals surface area (Å²) in [5, 5.41) is 6.93. The lowest BCUT2D eigenvalue weighted by molar-refractivity contribution is -0.909. The second-order valence-corrected chi connectivity index (χ2v) is 11.5. The van der Waals surface area contributed by atoms with E-state index in [0.29, 0.717) is 12.4 Å². The Bertz CT molecular complexity index is 1950. The van der Waals surface area contributed by atoms with Gasteiger partial charge < -0.3 is 4.74 Å². The van der Waals surface area contributed by atoms with Gasteiger partial charge in [0.15, 0.2) is 6.20 Å². The van der Waals surface area contributed by atoms with Crippen LogP contribution in [-0.2, 0) is 23.2 Å². The third-order valence-electron chi connectivity index (χ3n) is 8.00. The predicted molar refractivity (Wildman–Crippen MR) is 164 cm³/mol. The molecule has 202 valence electrons. The van der Waals surface area contributed by atoms with Crippen molar-refractivity contribution in [3.63, 3.8) is 0 Å². The number of carbonyl (C=O) groups excluding carboxylic acids is 1. The quantitative estimate of drug-likeness (QED) is 0.133. The Morgan fingerprint density at radius 3 is 2.34 bits per heavy atom. The SMILES string of the molecule is CCc1ccccc1-c1c2ccc3c4ccccc4ccc3c2c#c[n+]1C[n+]1cc(C(C)(C)C)ccc1C(=O)OC. The van der Waals surface area contributed by atoms with Crippen molar-refractivity contribution in [1.29, 1.82) is 0 Å². The van der Waals surface area contributed by atoms with Crippen molar-refractivity contribution < 1.29 is 18.7 Å². The van der Waals surface area contributed by atoms with E-state index in [1.807, 2.05) is 16.7 Å². The van der Waals surface area contributed by atoms with Crippen molar-refractivity contribution in [2.45, 2.75) is 46.2 Å². The van der Waals surface area contributed by atoms with E-state index in [9.17, 15) is 4.79 Å². The van der Waals surface area contributed by atoms with E-state index in [-0.39, 0.29) is 11.4 Å². The molecule has 0 N–H and O–H groups in total. The molecule has 6 aromatic rings. The van der Waals surface area contributed by atoms with Crippen LogP contribution in [0.15, 0.2) is 91.1 Å². The molecule has 0 aliphatic carbocycles. The lowest BCUT2D eigenvalue weighted by atomic mass is 9.88. The molecule has 2 heterocycles. The predicted octanol–water partition coefficient (Wildman–Crippen LogP) is 7.14. The van der Waals surface area contributed by atoms with Gasteiger partial charge in [0.25, 0.3) is 5.69 Å². The van der Waals surface area contributed by atoms with Gasteiger partial charge in [0.1, 0.15) is 0 Å². The third kappa shape index (κ3) is 4.68. The summed E-state index contributed by atoms with van der Waals surface area (Å²) in [6.07, 6.45) is 6.43. The Hall–Kier alpha value is -4.75. The summed E-state index contributed by atoms with van der Waals surface area (Å²) < 4.78 is 9.21. The molecule has 0 bridgehead atoms. The summed E-state index contributed by atoms with van der Waals surface area (Å²) in [4.78, 5) is 12.8. The van der Waals surface area contributed by atoms with Gasteiger partial charge in [-0.1, -0.05) is 92.9 Å². The maximum atomic E-state index is 12.8. The van der Waals surface area contributed by atoms with E-state index >= 15 is 0 Å². The number of pyridine rings is 1. The van der Waals surface area contributed by atoms with Gasteiger partial charge >= 0.3 is 12.6 Å². The second-order valence-electron chi connectivity index (χ2n) is 11.5. The summed E-state index contributed by atoms with van der Waals surface area (Å²) in [5.74, 6) is -0.371. The van der Waals surface area contributed by atoms with Gasteiger partial charge in [-0.05, 0) is 57.1 Å². The minimum atomic E-state index is -0.371. The van der Waals surface area contributed by atoms with Gasteiger partial charge in [-0.15, -0.1) is 4.57 Å². The lowest BCUT2D eigenvalue weighted by Crippen LogP contribution is -2.55. The molecular weight excluding hydrogens is 504 g/mol. The first-order valence-electron chi connectivity index (χ1n) is 14.1. The Balaban J connectivity index is 1.64. The number of ether oxygens (including phenoxy) is 1. The van der Waals surface area contributed by atoms with Crippen LogP contribution >= 0.6 is 0 Å². The van der Waals surface area contributed by atoms with Gasteiger partial charge in [-0.25, -0.2) is 4.79 Å². The summed E-state index contributed by atoms with van der Waals surface area (Å²) in [6.45, 7) is 9.08. The smallest absolute Gasteiger partial charge is 0.403 e. The van der Waals surface area contributed by atoms with Crippen LogP contribution in [0.5, 0.6) is 0 Å². The third-order valence-corrected chi connectivity index (χ3v) is 8.00. The average molecular weight is 539 g/mol. The lowest BCUT2D eigenvalue weighted by Gasteiger charge is -2.17. The number of hydrogen-bond donors (Lipinski definition) is 0. The monoisotopic (exact) mass is 538 g/mol. The molecule has 0 saturated carbocycles. The Morgan fingerprint density at radius 2 is 1.56 bits per heavy atom. The average Bonchev–Trinajstić information content (AvgIpc) is 2.99. The molecule has 41 heavy (non-hydrogen) atoms. The van der Waals surface area contributed by atoms with Crippen molar-refractivity contribution >= 4 is 38.3 Å². The number of esters is 1.